The highest BCUT2D eigenvalue weighted by atomic mass is 19.4. The van der Waals surface area contributed by atoms with Crippen molar-refractivity contribution in [2.24, 2.45) is 7.05 Å². The zero-order valence-electron chi connectivity index (χ0n) is 7.22. The lowest BCUT2D eigenvalue weighted by Crippen LogP contribution is -2.19. The van der Waals surface area contributed by atoms with Gasteiger partial charge >= 0.3 is 6.36 Å². The number of aromatic nitrogens is 2. The highest BCUT2D eigenvalue weighted by Gasteiger charge is 2.33. The van der Waals surface area contributed by atoms with Crippen molar-refractivity contribution in [1.29, 1.82) is 0 Å². The van der Waals surface area contributed by atoms with Gasteiger partial charge in [0.05, 0.1) is 6.20 Å². The maximum Gasteiger partial charge on any atom is 0.574 e. The normalized spacial score (nSPS) is 11.8. The number of aryl methyl sites for hydroxylation is 2. The molecule has 0 spiro atoms. The monoisotopic (exact) mass is 194 g/mol. The molecule has 1 aromatic rings. The molecule has 0 bridgehead atoms. The Morgan fingerprint density at radius 1 is 1.54 bits per heavy atom. The van der Waals surface area contributed by atoms with Crippen LogP contribution in [0.25, 0.3) is 0 Å². The molecule has 0 amide bonds. The second kappa shape index (κ2) is 3.27. The first kappa shape index (κ1) is 9.88. The predicted molar refractivity (Wildman–Crippen MR) is 39.3 cm³/mol. The van der Waals surface area contributed by atoms with E-state index in [9.17, 15) is 13.2 Å². The number of hydrogen-bond donors (Lipinski definition) is 0. The van der Waals surface area contributed by atoms with Gasteiger partial charge in [-0.15, -0.1) is 13.2 Å². The molecule has 0 aliphatic carbocycles. The Labute approximate surface area is 73.1 Å². The van der Waals surface area contributed by atoms with Gasteiger partial charge in [0.25, 0.3) is 0 Å². The zero-order chi connectivity index (χ0) is 10.1. The molecule has 6 heteroatoms. The lowest BCUT2D eigenvalue weighted by atomic mass is 10.3. The van der Waals surface area contributed by atoms with Crippen LogP contribution >= 0.6 is 0 Å². The van der Waals surface area contributed by atoms with Crippen molar-refractivity contribution in [1.82, 2.24) is 9.78 Å². The van der Waals surface area contributed by atoms with Crippen LogP contribution in [-0.2, 0) is 13.5 Å². The van der Waals surface area contributed by atoms with E-state index < -0.39 is 6.36 Å². The molecule has 1 heterocycles. The number of halogens is 3. The first-order chi connectivity index (χ1) is 5.94. The standard InChI is InChI=1S/C7H9F3N2O/c1-3-5-4-11-12(2)6(5)13-7(8,9)10/h4H,3H2,1-2H3. The molecule has 0 unspecified atom stereocenters. The van der Waals surface area contributed by atoms with Crippen LogP contribution in [0.3, 0.4) is 0 Å². The Bertz CT molecular complexity index is 292. The Hall–Kier alpha value is -1.20. The van der Waals surface area contributed by atoms with Gasteiger partial charge in [-0.2, -0.15) is 5.10 Å². The van der Waals surface area contributed by atoms with Crippen LogP contribution in [-0.4, -0.2) is 16.1 Å². The fourth-order valence-corrected chi connectivity index (χ4v) is 0.956. The van der Waals surface area contributed by atoms with E-state index in [1.165, 1.54) is 13.2 Å². The Morgan fingerprint density at radius 3 is 2.62 bits per heavy atom. The SMILES string of the molecule is CCc1cnn(C)c1OC(F)(F)F. The van der Waals surface area contributed by atoms with Crippen molar-refractivity contribution in [3.63, 3.8) is 0 Å². The van der Waals surface area contributed by atoms with Crippen molar-refractivity contribution in [2.45, 2.75) is 19.7 Å². The summed E-state index contributed by atoms with van der Waals surface area (Å²) in [6.07, 6.45) is -2.84. The number of alkyl halides is 3. The highest BCUT2D eigenvalue weighted by Crippen LogP contribution is 2.25. The van der Waals surface area contributed by atoms with Crippen LogP contribution in [0, 0.1) is 0 Å². The van der Waals surface area contributed by atoms with E-state index >= 15 is 0 Å². The third-order valence-electron chi connectivity index (χ3n) is 1.55. The summed E-state index contributed by atoms with van der Waals surface area (Å²) < 4.78 is 40.4. The summed E-state index contributed by atoms with van der Waals surface area (Å²) in [4.78, 5) is 0. The third-order valence-corrected chi connectivity index (χ3v) is 1.55. The lowest BCUT2D eigenvalue weighted by Gasteiger charge is -2.09. The van der Waals surface area contributed by atoms with Gasteiger partial charge in [-0.3, -0.25) is 0 Å². The predicted octanol–water partition coefficient (Wildman–Crippen LogP) is 1.88. The van der Waals surface area contributed by atoms with Crippen LogP contribution in [0.4, 0.5) is 13.2 Å². The summed E-state index contributed by atoms with van der Waals surface area (Å²) in [5.74, 6) is -0.241. The van der Waals surface area contributed by atoms with Crippen molar-refractivity contribution >= 4 is 0 Å². The molecular weight excluding hydrogens is 185 g/mol. The molecule has 1 aromatic heterocycles. The molecule has 3 nitrogen and oxygen atoms in total. The summed E-state index contributed by atoms with van der Waals surface area (Å²) in [6.45, 7) is 1.74. The van der Waals surface area contributed by atoms with Crippen LogP contribution in [0.5, 0.6) is 5.88 Å². The molecule has 0 saturated heterocycles. The van der Waals surface area contributed by atoms with Gasteiger partial charge in [0.2, 0.25) is 5.88 Å². The van der Waals surface area contributed by atoms with Gasteiger partial charge < -0.3 is 4.74 Å². The summed E-state index contributed by atoms with van der Waals surface area (Å²) in [5, 5.41) is 3.66. The molecule has 1 rings (SSSR count). The van der Waals surface area contributed by atoms with Crippen LogP contribution in [0.2, 0.25) is 0 Å². The van der Waals surface area contributed by atoms with Gasteiger partial charge in [-0.05, 0) is 6.42 Å². The van der Waals surface area contributed by atoms with Gasteiger partial charge in [-0.25, -0.2) is 4.68 Å². The Balaban J connectivity index is 2.92. The summed E-state index contributed by atoms with van der Waals surface area (Å²) in [6, 6.07) is 0. The molecule has 0 atom stereocenters. The molecule has 74 valence electrons. The van der Waals surface area contributed by atoms with Gasteiger partial charge in [0.15, 0.2) is 0 Å². The highest BCUT2D eigenvalue weighted by molar-refractivity contribution is 5.23. The van der Waals surface area contributed by atoms with E-state index in [-0.39, 0.29) is 5.88 Å². The Morgan fingerprint density at radius 2 is 2.15 bits per heavy atom. The topological polar surface area (TPSA) is 27.1 Å². The van der Waals surface area contributed by atoms with E-state index in [1.54, 1.807) is 6.92 Å². The second-order valence-corrected chi connectivity index (χ2v) is 2.50. The maximum absolute atomic E-state index is 11.9. The van der Waals surface area contributed by atoms with Gasteiger partial charge in [0, 0.05) is 12.6 Å². The van der Waals surface area contributed by atoms with Crippen molar-refractivity contribution in [3.8, 4) is 5.88 Å². The quantitative estimate of drug-likeness (QED) is 0.718. The van der Waals surface area contributed by atoms with Crippen molar-refractivity contribution in [3.05, 3.63) is 11.8 Å². The maximum atomic E-state index is 11.9. The first-order valence-electron chi connectivity index (χ1n) is 3.70. The average molecular weight is 194 g/mol. The van der Waals surface area contributed by atoms with E-state index in [4.69, 9.17) is 0 Å². The molecule has 0 aromatic carbocycles. The third kappa shape index (κ3) is 2.37. The fraction of sp³-hybridized carbons (Fsp3) is 0.571. The average Bonchev–Trinajstić information content (AvgIpc) is 2.30. The largest absolute Gasteiger partial charge is 0.574 e. The molecule has 0 aliphatic heterocycles. The lowest BCUT2D eigenvalue weighted by molar-refractivity contribution is -0.277. The van der Waals surface area contributed by atoms with E-state index in [1.807, 2.05) is 0 Å². The molecule has 0 aliphatic rings. The van der Waals surface area contributed by atoms with Gasteiger partial charge in [-0.1, -0.05) is 6.92 Å². The van der Waals surface area contributed by atoms with Crippen LogP contribution < -0.4 is 4.74 Å². The van der Waals surface area contributed by atoms with Crippen LogP contribution in [0.15, 0.2) is 6.20 Å². The molecule has 0 saturated carbocycles. The van der Waals surface area contributed by atoms with Crippen molar-refractivity contribution < 1.29 is 17.9 Å². The summed E-state index contributed by atoms with van der Waals surface area (Å²) in [7, 11) is 1.40. The number of rotatable bonds is 2. The number of nitrogens with zero attached hydrogens (tertiary/aromatic N) is 2. The molecule has 13 heavy (non-hydrogen) atoms. The number of ether oxygens (including phenoxy) is 1. The van der Waals surface area contributed by atoms with E-state index in [0.29, 0.717) is 12.0 Å². The van der Waals surface area contributed by atoms with Crippen molar-refractivity contribution in [2.75, 3.05) is 0 Å². The minimum absolute atomic E-state index is 0.241. The molecule has 0 fully saturated rings. The molecule has 0 radical (unpaired) electrons. The smallest absolute Gasteiger partial charge is 0.388 e. The molecule has 0 N–H and O–H groups in total. The number of hydrogen-bond acceptors (Lipinski definition) is 2. The minimum atomic E-state index is -4.66. The van der Waals surface area contributed by atoms with Gasteiger partial charge in [0.1, 0.15) is 0 Å². The minimum Gasteiger partial charge on any atom is -0.388 e. The summed E-state index contributed by atoms with van der Waals surface area (Å²) in [5.41, 5.74) is 0.444. The Kier molecular flexibility index (Phi) is 2.49. The van der Waals surface area contributed by atoms with Crippen LogP contribution in [0.1, 0.15) is 12.5 Å². The van der Waals surface area contributed by atoms with E-state index in [0.717, 1.165) is 4.68 Å². The zero-order valence-corrected chi connectivity index (χ0v) is 7.22. The fourth-order valence-electron chi connectivity index (χ4n) is 0.956. The second-order valence-electron chi connectivity index (χ2n) is 2.50. The first-order valence-corrected chi connectivity index (χ1v) is 3.70. The van der Waals surface area contributed by atoms with E-state index in [2.05, 4.69) is 9.84 Å². The molecular formula is C7H9F3N2O. The summed E-state index contributed by atoms with van der Waals surface area (Å²) >= 11 is 0.